The molecule has 2 aromatic heterocycles. The van der Waals surface area contributed by atoms with Gasteiger partial charge in [0.05, 0.1) is 29.3 Å². The van der Waals surface area contributed by atoms with Gasteiger partial charge >= 0.3 is 5.97 Å². The largest absolute Gasteiger partial charge is 0.465 e. The maximum atomic E-state index is 13.3. The molecule has 6 nitrogen and oxygen atoms in total. The van der Waals surface area contributed by atoms with Crippen LogP contribution in [0.3, 0.4) is 0 Å². The van der Waals surface area contributed by atoms with E-state index in [2.05, 4.69) is 17.2 Å². The molecule has 4 aromatic rings. The summed E-state index contributed by atoms with van der Waals surface area (Å²) in [4.78, 5) is 35.3. The fraction of sp³-hybridized carbons (Fsp3) is 0.276. The number of benzene rings is 2. The Morgan fingerprint density at radius 3 is 2.46 bits per heavy atom. The standard InChI is InChI=1S/C29H29N3O3S2/c1-17-14-15-21-22(16-17)37-27(23(21)28(34)35-3)32-26(33)18(2)36-29-30-24(19-10-6-4-7-11-19)25(31-29)20-12-8-5-9-13-20/h4-13,17-18H,14-16H2,1-3H3,(H,30,31)(H,32,33). The molecule has 2 atom stereocenters. The van der Waals surface area contributed by atoms with Crippen LogP contribution in [-0.4, -0.2) is 34.2 Å². The van der Waals surface area contributed by atoms with Gasteiger partial charge in [0.25, 0.3) is 0 Å². The van der Waals surface area contributed by atoms with Crippen molar-refractivity contribution in [1.29, 1.82) is 0 Å². The zero-order valence-electron chi connectivity index (χ0n) is 21.0. The minimum absolute atomic E-state index is 0.180. The third-order valence-electron chi connectivity index (χ3n) is 6.59. The summed E-state index contributed by atoms with van der Waals surface area (Å²) in [5.41, 5.74) is 5.32. The van der Waals surface area contributed by atoms with E-state index in [1.807, 2.05) is 67.6 Å². The zero-order valence-corrected chi connectivity index (χ0v) is 22.7. The van der Waals surface area contributed by atoms with Crippen molar-refractivity contribution in [3.05, 3.63) is 76.7 Å². The molecule has 8 heteroatoms. The summed E-state index contributed by atoms with van der Waals surface area (Å²) in [7, 11) is 1.38. The highest BCUT2D eigenvalue weighted by Gasteiger charge is 2.30. The monoisotopic (exact) mass is 531 g/mol. The minimum atomic E-state index is -0.443. The van der Waals surface area contributed by atoms with E-state index in [1.54, 1.807) is 0 Å². The number of imidazole rings is 1. The van der Waals surface area contributed by atoms with Gasteiger partial charge in [-0.05, 0) is 37.7 Å². The lowest BCUT2D eigenvalue weighted by Crippen LogP contribution is -2.23. The first kappa shape index (κ1) is 25.3. The van der Waals surface area contributed by atoms with Gasteiger partial charge < -0.3 is 15.0 Å². The van der Waals surface area contributed by atoms with Crippen molar-refractivity contribution >= 4 is 40.0 Å². The Morgan fingerprint density at radius 1 is 1.11 bits per heavy atom. The second-order valence-electron chi connectivity index (χ2n) is 9.29. The highest BCUT2D eigenvalue weighted by Crippen LogP contribution is 2.40. The normalized spacial score (nSPS) is 15.6. The van der Waals surface area contributed by atoms with Crippen LogP contribution in [0.5, 0.6) is 0 Å². The molecular weight excluding hydrogens is 502 g/mol. The molecule has 2 heterocycles. The van der Waals surface area contributed by atoms with Crippen LogP contribution in [0, 0.1) is 5.92 Å². The molecule has 0 spiro atoms. The highest BCUT2D eigenvalue weighted by atomic mass is 32.2. The van der Waals surface area contributed by atoms with Gasteiger partial charge in [-0.25, -0.2) is 9.78 Å². The summed E-state index contributed by atoms with van der Waals surface area (Å²) in [6, 6.07) is 20.1. The van der Waals surface area contributed by atoms with Gasteiger partial charge in [-0.3, -0.25) is 4.79 Å². The number of methoxy groups -OCH3 is 1. The number of hydrogen-bond donors (Lipinski definition) is 2. The molecule has 0 saturated heterocycles. The summed E-state index contributed by atoms with van der Waals surface area (Å²) in [5.74, 6) is -0.0133. The van der Waals surface area contributed by atoms with E-state index in [-0.39, 0.29) is 5.91 Å². The van der Waals surface area contributed by atoms with Crippen LogP contribution in [-0.2, 0) is 22.4 Å². The molecule has 2 N–H and O–H groups in total. The first-order chi connectivity index (χ1) is 17.9. The number of fused-ring (bicyclic) bond motifs is 1. The summed E-state index contributed by atoms with van der Waals surface area (Å²) in [6.07, 6.45) is 2.77. The predicted molar refractivity (Wildman–Crippen MR) is 150 cm³/mol. The number of carbonyl (C=O) groups excluding carboxylic acids is 2. The smallest absolute Gasteiger partial charge is 0.341 e. The van der Waals surface area contributed by atoms with Crippen LogP contribution in [0.1, 0.15) is 41.1 Å². The van der Waals surface area contributed by atoms with Crippen molar-refractivity contribution in [3.63, 3.8) is 0 Å². The van der Waals surface area contributed by atoms with Crippen LogP contribution in [0.2, 0.25) is 0 Å². The number of nitrogens with zero attached hydrogens (tertiary/aromatic N) is 1. The maximum Gasteiger partial charge on any atom is 0.341 e. The van der Waals surface area contributed by atoms with Gasteiger partial charge in [-0.1, -0.05) is 79.3 Å². The van der Waals surface area contributed by atoms with Crippen molar-refractivity contribution in [3.8, 4) is 22.5 Å². The number of rotatable bonds is 7. The topological polar surface area (TPSA) is 84.1 Å². The first-order valence-electron chi connectivity index (χ1n) is 12.4. The molecule has 0 bridgehead atoms. The Balaban J connectivity index is 1.39. The van der Waals surface area contributed by atoms with Gasteiger partial charge in [0, 0.05) is 16.0 Å². The number of thioether (sulfide) groups is 1. The number of carbonyl (C=O) groups is 2. The van der Waals surface area contributed by atoms with E-state index in [4.69, 9.17) is 9.72 Å². The minimum Gasteiger partial charge on any atom is -0.465 e. The third-order valence-corrected chi connectivity index (χ3v) is 8.74. The van der Waals surface area contributed by atoms with Crippen molar-refractivity contribution in [2.75, 3.05) is 12.4 Å². The molecule has 5 rings (SSSR count). The second kappa shape index (κ2) is 10.9. The van der Waals surface area contributed by atoms with E-state index < -0.39 is 11.2 Å². The number of thiophene rings is 1. The molecule has 1 aliphatic rings. The number of amides is 1. The molecule has 1 aliphatic carbocycles. The van der Waals surface area contributed by atoms with Gasteiger partial charge in [0.15, 0.2) is 5.16 Å². The Kier molecular flexibility index (Phi) is 7.48. The van der Waals surface area contributed by atoms with Crippen molar-refractivity contribution in [1.82, 2.24) is 9.97 Å². The van der Waals surface area contributed by atoms with E-state index in [0.29, 0.717) is 21.6 Å². The van der Waals surface area contributed by atoms with E-state index in [1.165, 1.54) is 35.1 Å². The van der Waals surface area contributed by atoms with E-state index >= 15 is 0 Å². The number of aromatic amines is 1. The molecule has 0 radical (unpaired) electrons. The van der Waals surface area contributed by atoms with Crippen molar-refractivity contribution in [2.24, 2.45) is 5.92 Å². The van der Waals surface area contributed by atoms with Crippen LogP contribution >= 0.6 is 23.1 Å². The van der Waals surface area contributed by atoms with Gasteiger partial charge in [0.2, 0.25) is 5.91 Å². The lowest BCUT2D eigenvalue weighted by molar-refractivity contribution is -0.115. The number of esters is 1. The van der Waals surface area contributed by atoms with Crippen LogP contribution in [0.15, 0.2) is 65.8 Å². The number of aromatic nitrogens is 2. The van der Waals surface area contributed by atoms with Gasteiger partial charge in [-0.15, -0.1) is 11.3 Å². The fourth-order valence-electron chi connectivity index (χ4n) is 4.62. The van der Waals surface area contributed by atoms with Crippen LogP contribution in [0.25, 0.3) is 22.5 Å². The van der Waals surface area contributed by atoms with Gasteiger partial charge in [-0.2, -0.15) is 0 Å². The molecule has 0 aliphatic heterocycles. The lowest BCUT2D eigenvalue weighted by atomic mass is 9.88. The number of anilines is 1. The fourth-order valence-corrected chi connectivity index (χ4v) is 6.82. The number of ether oxygens (including phenoxy) is 1. The summed E-state index contributed by atoms with van der Waals surface area (Å²) in [6.45, 7) is 4.06. The SMILES string of the molecule is COC(=O)c1c(NC(=O)C(C)Sc2nc(-c3ccccc3)c(-c3ccccc3)[nH]2)sc2c1CCC(C)C2. The Hall–Kier alpha value is -3.36. The van der Waals surface area contributed by atoms with Gasteiger partial charge in [0.1, 0.15) is 5.00 Å². The number of nitrogens with one attached hydrogen (secondary N) is 2. The molecule has 2 aromatic carbocycles. The third kappa shape index (κ3) is 5.36. The summed E-state index contributed by atoms with van der Waals surface area (Å²) >= 11 is 2.86. The summed E-state index contributed by atoms with van der Waals surface area (Å²) < 4.78 is 5.06. The Bertz CT molecular complexity index is 1360. The Labute approximate surface area is 224 Å². The van der Waals surface area contributed by atoms with Crippen molar-refractivity contribution < 1.29 is 14.3 Å². The van der Waals surface area contributed by atoms with E-state index in [0.717, 1.165) is 47.3 Å². The van der Waals surface area contributed by atoms with Crippen LogP contribution in [0.4, 0.5) is 5.00 Å². The molecule has 0 saturated carbocycles. The quantitative estimate of drug-likeness (QED) is 0.202. The van der Waals surface area contributed by atoms with Crippen LogP contribution < -0.4 is 5.32 Å². The average molecular weight is 532 g/mol. The molecule has 1 amide bonds. The van der Waals surface area contributed by atoms with Crippen molar-refractivity contribution in [2.45, 2.75) is 43.5 Å². The molecular formula is C29H29N3O3S2. The summed E-state index contributed by atoms with van der Waals surface area (Å²) in [5, 5.41) is 3.82. The maximum absolute atomic E-state index is 13.3. The zero-order chi connectivity index (χ0) is 25.9. The first-order valence-corrected chi connectivity index (χ1v) is 14.1. The Morgan fingerprint density at radius 2 is 1.78 bits per heavy atom. The second-order valence-corrected chi connectivity index (χ2v) is 11.7. The number of H-pyrrole nitrogens is 1. The number of hydrogen-bond acceptors (Lipinski definition) is 6. The lowest BCUT2D eigenvalue weighted by Gasteiger charge is -2.18. The van der Waals surface area contributed by atoms with E-state index in [9.17, 15) is 9.59 Å². The average Bonchev–Trinajstić information content (AvgIpc) is 3.50. The molecule has 37 heavy (non-hydrogen) atoms. The molecule has 190 valence electrons. The predicted octanol–water partition coefficient (Wildman–Crippen LogP) is 6.84. The highest BCUT2D eigenvalue weighted by molar-refractivity contribution is 8.00. The molecule has 2 unspecified atom stereocenters. The molecule has 0 fully saturated rings.